The Morgan fingerprint density at radius 2 is 1.78 bits per heavy atom. The number of furan rings is 2. The Morgan fingerprint density at radius 1 is 1.04 bits per heavy atom. The van der Waals surface area contributed by atoms with Gasteiger partial charge in [0.25, 0.3) is 5.91 Å². The predicted molar refractivity (Wildman–Crippen MR) is 92.6 cm³/mol. The maximum Gasteiger partial charge on any atom is 0.433 e. The molecule has 9 heteroatoms. The first kappa shape index (κ1) is 17.7. The third-order valence-electron chi connectivity index (χ3n) is 3.45. The minimum absolute atomic E-state index is 0.206. The predicted octanol–water partition coefficient (Wildman–Crippen LogP) is 3.30. The van der Waals surface area contributed by atoms with Crippen LogP contribution in [0.1, 0.15) is 16.3 Å². The second kappa shape index (κ2) is 7.40. The fourth-order valence-electron chi connectivity index (χ4n) is 2.21. The van der Waals surface area contributed by atoms with Gasteiger partial charge in [0.15, 0.2) is 5.76 Å². The Morgan fingerprint density at radius 3 is 2.41 bits per heavy atom. The maximum atomic E-state index is 12.1. The van der Waals surface area contributed by atoms with Gasteiger partial charge in [0.2, 0.25) is 0 Å². The topological polar surface area (TPSA) is 136 Å². The lowest BCUT2D eigenvalue weighted by Gasteiger charge is -2.03. The van der Waals surface area contributed by atoms with E-state index in [4.69, 9.17) is 8.83 Å². The van der Waals surface area contributed by atoms with Gasteiger partial charge in [-0.05, 0) is 18.2 Å². The molecule has 0 aliphatic rings. The molecule has 136 valence electrons. The van der Waals surface area contributed by atoms with Crippen LogP contribution in [0.5, 0.6) is 0 Å². The summed E-state index contributed by atoms with van der Waals surface area (Å²) in [5, 5.41) is 22.0. The van der Waals surface area contributed by atoms with Gasteiger partial charge in [0.05, 0.1) is 6.07 Å². The number of hydrogen-bond donors (Lipinski definition) is 2. The largest absolute Gasteiger partial charge is 0.477 e. The Labute approximate surface area is 151 Å². The van der Waals surface area contributed by atoms with Crippen molar-refractivity contribution in [1.29, 1.82) is 0 Å². The quantitative estimate of drug-likeness (QED) is 0.387. The summed E-state index contributed by atoms with van der Waals surface area (Å²) in [6, 6.07) is 14.5. The average molecular weight is 368 g/mol. The number of aliphatic carboxylic acids is 1. The molecule has 0 fully saturated rings. The molecule has 0 saturated heterocycles. The Hall–Kier alpha value is -4.14. The Bertz CT molecular complexity index is 1030. The lowest BCUT2D eigenvalue weighted by atomic mass is 10.2. The second-order valence-corrected chi connectivity index (χ2v) is 5.28. The van der Waals surface area contributed by atoms with Crippen LogP contribution in [0, 0.1) is 10.1 Å². The van der Waals surface area contributed by atoms with Crippen LogP contribution >= 0.6 is 0 Å². The van der Waals surface area contributed by atoms with Crippen LogP contribution in [0.25, 0.3) is 17.4 Å². The first-order valence-corrected chi connectivity index (χ1v) is 7.60. The molecule has 9 nitrogen and oxygen atoms in total. The van der Waals surface area contributed by atoms with Gasteiger partial charge in [0.1, 0.15) is 22.1 Å². The highest BCUT2D eigenvalue weighted by molar-refractivity contribution is 6.01. The summed E-state index contributed by atoms with van der Waals surface area (Å²) >= 11 is 0. The highest BCUT2D eigenvalue weighted by Crippen LogP contribution is 2.23. The van der Waals surface area contributed by atoms with Crippen molar-refractivity contribution in [2.75, 3.05) is 0 Å². The van der Waals surface area contributed by atoms with Crippen molar-refractivity contribution in [2.24, 2.45) is 0 Å². The monoisotopic (exact) mass is 368 g/mol. The lowest BCUT2D eigenvalue weighted by Crippen LogP contribution is -2.26. The molecular weight excluding hydrogens is 356 g/mol. The molecule has 0 atom stereocenters. The lowest BCUT2D eigenvalue weighted by molar-refractivity contribution is -0.402. The fraction of sp³-hybridized carbons (Fsp3) is 0. The van der Waals surface area contributed by atoms with E-state index in [1.165, 1.54) is 0 Å². The number of hydrogen-bond acceptors (Lipinski definition) is 6. The molecule has 0 radical (unpaired) electrons. The molecule has 3 rings (SSSR count). The highest BCUT2D eigenvalue weighted by atomic mass is 16.6. The summed E-state index contributed by atoms with van der Waals surface area (Å²) in [7, 11) is 0. The molecule has 0 saturated carbocycles. The summed E-state index contributed by atoms with van der Waals surface area (Å²) in [6.07, 6.45) is 1.13. The number of amides is 1. The van der Waals surface area contributed by atoms with Gasteiger partial charge in [0, 0.05) is 11.6 Å². The van der Waals surface area contributed by atoms with Crippen molar-refractivity contribution < 1.29 is 28.5 Å². The molecule has 0 spiro atoms. The van der Waals surface area contributed by atoms with E-state index in [0.717, 1.165) is 23.8 Å². The van der Waals surface area contributed by atoms with Crippen LogP contribution in [-0.2, 0) is 4.79 Å². The molecule has 3 aromatic rings. The SMILES string of the molecule is O=C(O)C(=Cc1ccc(-c2ccccc2)o1)NC(=O)c1ccc([N+](=O)[O-])o1. The van der Waals surface area contributed by atoms with Gasteiger partial charge in [-0.3, -0.25) is 14.9 Å². The standard InChI is InChI=1S/C18H12N2O7/c21-17(15-8-9-16(27-15)20(24)25)19-13(18(22)23)10-12-6-7-14(26-12)11-4-2-1-3-5-11/h1-10H,(H,19,21)(H,22,23). The second-order valence-electron chi connectivity index (χ2n) is 5.28. The summed E-state index contributed by atoms with van der Waals surface area (Å²) in [5.74, 6) is -2.64. The van der Waals surface area contributed by atoms with Crippen LogP contribution in [0.2, 0.25) is 0 Å². The van der Waals surface area contributed by atoms with Gasteiger partial charge in [-0.2, -0.15) is 0 Å². The van der Waals surface area contributed by atoms with Gasteiger partial charge in [-0.1, -0.05) is 30.3 Å². The van der Waals surface area contributed by atoms with E-state index in [1.807, 2.05) is 30.3 Å². The van der Waals surface area contributed by atoms with Crippen molar-refractivity contribution in [1.82, 2.24) is 5.32 Å². The van der Waals surface area contributed by atoms with E-state index in [1.54, 1.807) is 12.1 Å². The minimum atomic E-state index is -1.41. The number of rotatable bonds is 6. The zero-order valence-corrected chi connectivity index (χ0v) is 13.6. The summed E-state index contributed by atoms with van der Waals surface area (Å²) in [4.78, 5) is 33.2. The van der Waals surface area contributed by atoms with Gasteiger partial charge >= 0.3 is 11.9 Å². The van der Waals surface area contributed by atoms with Crippen molar-refractivity contribution in [3.63, 3.8) is 0 Å². The maximum absolute atomic E-state index is 12.1. The first-order valence-electron chi connectivity index (χ1n) is 7.60. The molecule has 1 amide bonds. The number of benzene rings is 1. The molecular formula is C18H12N2O7. The molecule has 0 aliphatic carbocycles. The molecule has 0 unspecified atom stereocenters. The normalized spacial score (nSPS) is 11.2. The number of nitrogens with one attached hydrogen (secondary N) is 1. The third kappa shape index (κ3) is 4.10. The first-order chi connectivity index (χ1) is 12.9. The molecule has 2 aromatic heterocycles. The molecule has 2 heterocycles. The average Bonchev–Trinajstić information content (AvgIpc) is 3.31. The van der Waals surface area contributed by atoms with E-state index in [9.17, 15) is 24.8 Å². The highest BCUT2D eigenvalue weighted by Gasteiger charge is 2.20. The van der Waals surface area contributed by atoms with Crippen molar-refractivity contribution in [3.05, 3.63) is 81.9 Å². The number of nitro groups is 1. The van der Waals surface area contributed by atoms with Crippen LogP contribution in [-0.4, -0.2) is 21.9 Å². The molecule has 0 aliphatic heterocycles. The number of carbonyl (C=O) groups is 2. The molecule has 2 N–H and O–H groups in total. The number of carboxylic acid groups (broad SMARTS) is 1. The Kier molecular flexibility index (Phi) is 4.84. The van der Waals surface area contributed by atoms with Gasteiger partial charge in [-0.25, -0.2) is 4.79 Å². The van der Waals surface area contributed by atoms with Crippen LogP contribution < -0.4 is 5.32 Å². The zero-order valence-electron chi connectivity index (χ0n) is 13.6. The smallest absolute Gasteiger partial charge is 0.433 e. The summed E-state index contributed by atoms with van der Waals surface area (Å²) in [6.45, 7) is 0. The number of carbonyl (C=O) groups excluding carboxylic acids is 1. The van der Waals surface area contributed by atoms with Gasteiger partial charge in [-0.15, -0.1) is 0 Å². The van der Waals surface area contributed by atoms with Crippen molar-refractivity contribution in [3.8, 4) is 11.3 Å². The van der Waals surface area contributed by atoms with E-state index in [-0.39, 0.29) is 5.76 Å². The fourth-order valence-corrected chi connectivity index (χ4v) is 2.21. The summed E-state index contributed by atoms with van der Waals surface area (Å²) in [5.41, 5.74) is 0.328. The van der Waals surface area contributed by atoms with Gasteiger partial charge < -0.3 is 19.3 Å². The van der Waals surface area contributed by atoms with Crippen LogP contribution in [0.4, 0.5) is 5.88 Å². The summed E-state index contributed by atoms with van der Waals surface area (Å²) < 4.78 is 10.3. The molecule has 1 aromatic carbocycles. The van der Waals surface area contributed by atoms with E-state index in [0.29, 0.717) is 5.76 Å². The molecule has 0 bridgehead atoms. The van der Waals surface area contributed by atoms with E-state index < -0.39 is 34.1 Å². The van der Waals surface area contributed by atoms with Crippen molar-refractivity contribution >= 4 is 23.8 Å². The molecule has 27 heavy (non-hydrogen) atoms. The number of nitrogens with zero attached hydrogens (tertiary/aromatic N) is 1. The van der Waals surface area contributed by atoms with Crippen molar-refractivity contribution in [2.45, 2.75) is 0 Å². The third-order valence-corrected chi connectivity index (χ3v) is 3.45. The van der Waals surface area contributed by atoms with E-state index in [2.05, 4.69) is 5.32 Å². The Balaban J connectivity index is 1.81. The zero-order chi connectivity index (χ0) is 19.4. The van der Waals surface area contributed by atoms with Crippen LogP contribution in [0.3, 0.4) is 0 Å². The number of carboxylic acids is 1. The van der Waals surface area contributed by atoms with E-state index >= 15 is 0 Å². The van der Waals surface area contributed by atoms with Crippen LogP contribution in [0.15, 0.2) is 69.1 Å². The minimum Gasteiger partial charge on any atom is -0.477 e.